The molecule has 0 bridgehead atoms. The molecule has 1 heterocycles. The Morgan fingerprint density at radius 3 is 2.50 bits per heavy atom. The van der Waals surface area contributed by atoms with Gasteiger partial charge in [0.15, 0.2) is 5.69 Å². The van der Waals surface area contributed by atoms with Crippen molar-refractivity contribution in [2.24, 2.45) is 0 Å². The van der Waals surface area contributed by atoms with Crippen molar-refractivity contribution in [1.82, 2.24) is 4.98 Å². The van der Waals surface area contributed by atoms with Crippen LogP contribution in [0.25, 0.3) is 0 Å². The Hall–Kier alpha value is -1.00. The third kappa shape index (κ3) is 4.00. The van der Waals surface area contributed by atoms with Crippen molar-refractivity contribution in [2.75, 3.05) is 6.61 Å². The molecule has 0 aliphatic heterocycles. The molecule has 9 heteroatoms. The van der Waals surface area contributed by atoms with E-state index in [2.05, 4.69) is 9.72 Å². The van der Waals surface area contributed by atoms with Crippen molar-refractivity contribution < 1.29 is 31.5 Å². The number of hydrogen-bond donors (Lipinski definition) is 0. The van der Waals surface area contributed by atoms with Gasteiger partial charge >= 0.3 is 12.1 Å². The van der Waals surface area contributed by atoms with Gasteiger partial charge in [-0.1, -0.05) is 0 Å². The first kappa shape index (κ1) is 17.1. The van der Waals surface area contributed by atoms with Crippen LogP contribution in [0.5, 0.6) is 0 Å². The quantitative estimate of drug-likeness (QED) is 0.432. The third-order valence-corrected chi connectivity index (χ3v) is 3.36. The number of rotatable bonds is 4. The molecule has 0 aliphatic rings. The lowest BCUT2D eigenvalue weighted by Crippen LogP contribution is -2.16. The van der Waals surface area contributed by atoms with Gasteiger partial charge in [-0.25, -0.2) is 8.78 Å². The van der Waals surface area contributed by atoms with E-state index >= 15 is 0 Å². The van der Waals surface area contributed by atoms with Crippen LogP contribution in [-0.2, 0) is 22.1 Å². The van der Waals surface area contributed by atoms with Crippen molar-refractivity contribution in [3.05, 3.63) is 26.6 Å². The fraction of sp³-hybridized carbons (Fsp3) is 0.455. The minimum Gasteiger partial charge on any atom is -0.466 e. The second-order valence-corrected chi connectivity index (χ2v) is 4.72. The van der Waals surface area contributed by atoms with Crippen LogP contribution in [0, 0.1) is 3.57 Å². The van der Waals surface area contributed by atoms with Gasteiger partial charge in [-0.3, -0.25) is 9.78 Å². The highest BCUT2D eigenvalue weighted by Crippen LogP contribution is 2.37. The Labute approximate surface area is 124 Å². The molecule has 20 heavy (non-hydrogen) atoms. The Kier molecular flexibility index (Phi) is 5.66. The monoisotopic (exact) mass is 409 g/mol. The van der Waals surface area contributed by atoms with Gasteiger partial charge < -0.3 is 4.74 Å². The van der Waals surface area contributed by atoms with Gasteiger partial charge in [0.25, 0.3) is 6.43 Å². The largest absolute Gasteiger partial charge is 0.466 e. The molecule has 0 amide bonds. The van der Waals surface area contributed by atoms with E-state index in [-0.39, 0.29) is 12.2 Å². The molecule has 0 fully saturated rings. The summed E-state index contributed by atoms with van der Waals surface area (Å²) in [6.45, 7) is 1.58. The molecule has 0 radical (unpaired) electrons. The smallest absolute Gasteiger partial charge is 0.434 e. The molecular weight excluding hydrogens is 400 g/mol. The van der Waals surface area contributed by atoms with Gasteiger partial charge in [0.2, 0.25) is 0 Å². The lowest BCUT2D eigenvalue weighted by Gasteiger charge is -2.15. The number of carbonyl (C=O) groups is 1. The maximum Gasteiger partial charge on any atom is 0.434 e. The normalized spacial score (nSPS) is 11.8. The van der Waals surface area contributed by atoms with E-state index in [4.69, 9.17) is 0 Å². The van der Waals surface area contributed by atoms with Crippen LogP contribution in [0.3, 0.4) is 0 Å². The van der Waals surface area contributed by atoms with Crippen molar-refractivity contribution in [3.63, 3.8) is 0 Å². The lowest BCUT2D eigenvalue weighted by atomic mass is 10.1. The third-order valence-electron chi connectivity index (χ3n) is 2.27. The molecule has 0 unspecified atom stereocenters. The molecule has 1 aromatic heterocycles. The van der Waals surface area contributed by atoms with Crippen LogP contribution in [-0.4, -0.2) is 17.6 Å². The summed E-state index contributed by atoms with van der Waals surface area (Å²) >= 11 is 1.16. The van der Waals surface area contributed by atoms with Crippen LogP contribution < -0.4 is 0 Å². The number of ether oxygens (including phenoxy) is 1. The van der Waals surface area contributed by atoms with Crippen LogP contribution >= 0.6 is 22.6 Å². The fourth-order valence-corrected chi connectivity index (χ4v) is 2.51. The van der Waals surface area contributed by atoms with E-state index in [1.165, 1.54) is 6.92 Å². The summed E-state index contributed by atoms with van der Waals surface area (Å²) in [7, 11) is 0. The molecule has 0 aromatic carbocycles. The topological polar surface area (TPSA) is 39.2 Å². The highest BCUT2D eigenvalue weighted by atomic mass is 127. The first-order valence-corrected chi connectivity index (χ1v) is 6.44. The summed E-state index contributed by atoms with van der Waals surface area (Å²) in [6, 6.07) is 0. The number of carbonyl (C=O) groups excluding carboxylic acids is 1. The molecule has 0 spiro atoms. The predicted octanol–water partition coefficient (Wildman–Crippen LogP) is 3.75. The molecule has 1 rings (SSSR count). The van der Waals surface area contributed by atoms with Crippen molar-refractivity contribution in [2.45, 2.75) is 25.9 Å². The van der Waals surface area contributed by atoms with Gasteiger partial charge in [0, 0.05) is 11.8 Å². The van der Waals surface area contributed by atoms with Gasteiger partial charge in [0.1, 0.15) is 0 Å². The predicted molar refractivity (Wildman–Crippen MR) is 67.2 cm³/mol. The Morgan fingerprint density at radius 2 is 2.05 bits per heavy atom. The van der Waals surface area contributed by atoms with Gasteiger partial charge in [-0.15, -0.1) is 0 Å². The highest BCUT2D eigenvalue weighted by Gasteiger charge is 2.37. The van der Waals surface area contributed by atoms with Crippen molar-refractivity contribution in [1.29, 1.82) is 0 Å². The number of pyridine rings is 1. The highest BCUT2D eigenvalue weighted by molar-refractivity contribution is 14.1. The lowest BCUT2D eigenvalue weighted by molar-refractivity contribution is -0.142. The van der Waals surface area contributed by atoms with Crippen LogP contribution in [0.1, 0.15) is 30.2 Å². The summed E-state index contributed by atoms with van der Waals surface area (Å²) in [6.07, 6.45) is -7.88. The fourth-order valence-electron chi connectivity index (χ4n) is 1.48. The standard InChI is InChI=1S/C11H9F5INO2/c1-2-20-6(19)3-5-4-18-9(11(14,15)16)8(17)7(5)10(12)13/h4,10H,2-3H2,1H3. The zero-order valence-electron chi connectivity index (χ0n) is 10.1. The molecule has 0 N–H and O–H groups in total. The Bertz CT molecular complexity index is 504. The SMILES string of the molecule is CCOC(=O)Cc1cnc(C(F)(F)F)c(I)c1C(F)F. The van der Waals surface area contributed by atoms with E-state index in [9.17, 15) is 26.7 Å². The van der Waals surface area contributed by atoms with Crippen LogP contribution in [0.4, 0.5) is 22.0 Å². The number of halogens is 6. The van der Waals surface area contributed by atoms with E-state index in [1.54, 1.807) is 0 Å². The Balaban J connectivity index is 3.27. The Morgan fingerprint density at radius 1 is 1.45 bits per heavy atom. The second-order valence-electron chi connectivity index (χ2n) is 3.64. The van der Waals surface area contributed by atoms with E-state index in [0.29, 0.717) is 6.20 Å². The summed E-state index contributed by atoms with van der Waals surface area (Å²) in [5, 5.41) is 0. The van der Waals surface area contributed by atoms with Crippen LogP contribution in [0.2, 0.25) is 0 Å². The minimum absolute atomic E-state index is 0.0496. The average molecular weight is 409 g/mol. The zero-order valence-corrected chi connectivity index (χ0v) is 12.3. The van der Waals surface area contributed by atoms with Crippen molar-refractivity contribution >= 4 is 28.6 Å². The molecule has 0 atom stereocenters. The molecule has 1 aromatic rings. The van der Waals surface area contributed by atoms with E-state index in [0.717, 1.165) is 22.6 Å². The number of hydrogen-bond acceptors (Lipinski definition) is 3. The van der Waals surface area contributed by atoms with E-state index < -0.39 is 39.8 Å². The molecule has 0 aliphatic carbocycles. The van der Waals surface area contributed by atoms with Crippen molar-refractivity contribution in [3.8, 4) is 0 Å². The molecule has 0 saturated carbocycles. The molecule has 3 nitrogen and oxygen atoms in total. The first-order valence-electron chi connectivity index (χ1n) is 5.36. The minimum atomic E-state index is -4.83. The maximum absolute atomic E-state index is 12.9. The number of nitrogens with zero attached hydrogens (tertiary/aromatic N) is 1. The second kappa shape index (κ2) is 6.64. The van der Waals surface area contributed by atoms with Crippen LogP contribution in [0.15, 0.2) is 6.20 Å². The molecule has 0 saturated heterocycles. The van der Waals surface area contributed by atoms with Gasteiger partial charge in [0.05, 0.1) is 16.6 Å². The maximum atomic E-state index is 12.9. The summed E-state index contributed by atoms with van der Waals surface area (Å²) < 4.78 is 67.6. The molecular formula is C11H9F5INO2. The number of esters is 1. The molecule has 112 valence electrons. The zero-order chi connectivity index (χ0) is 15.5. The first-order chi connectivity index (χ1) is 9.18. The van der Waals surface area contributed by atoms with E-state index in [1.807, 2.05) is 0 Å². The summed E-state index contributed by atoms with van der Waals surface area (Å²) in [5.74, 6) is -0.799. The average Bonchev–Trinajstić information content (AvgIpc) is 2.26. The number of aromatic nitrogens is 1. The number of alkyl halides is 5. The summed E-state index contributed by atoms with van der Waals surface area (Å²) in [4.78, 5) is 14.4. The van der Waals surface area contributed by atoms with Gasteiger partial charge in [-0.05, 0) is 35.1 Å². The summed E-state index contributed by atoms with van der Waals surface area (Å²) in [5.41, 5.74) is -2.49. The van der Waals surface area contributed by atoms with Gasteiger partial charge in [-0.2, -0.15) is 13.2 Å².